The number of anilines is 1. The van der Waals surface area contributed by atoms with Crippen molar-refractivity contribution in [1.82, 2.24) is 20.3 Å². The Morgan fingerprint density at radius 1 is 1.27 bits per heavy atom. The Hall–Kier alpha value is -2.48. The van der Waals surface area contributed by atoms with Gasteiger partial charge in [0.25, 0.3) is 5.91 Å². The van der Waals surface area contributed by atoms with Crippen molar-refractivity contribution < 1.29 is 9.18 Å². The molecular formula is C14H17FN6O. The van der Waals surface area contributed by atoms with Gasteiger partial charge in [-0.3, -0.25) is 4.79 Å². The number of aromatic amines is 1. The van der Waals surface area contributed by atoms with E-state index in [1.54, 1.807) is 12.1 Å². The molecule has 0 atom stereocenters. The fourth-order valence-electron chi connectivity index (χ4n) is 2.55. The normalized spacial score (nSPS) is 16.0. The summed E-state index contributed by atoms with van der Waals surface area (Å²) in [5.41, 5.74) is 6.77. The van der Waals surface area contributed by atoms with Crippen molar-refractivity contribution in [2.75, 3.05) is 38.1 Å². The van der Waals surface area contributed by atoms with Crippen LogP contribution < -0.4 is 10.6 Å². The minimum absolute atomic E-state index is 0.0518. The molecule has 7 nitrogen and oxygen atoms in total. The first kappa shape index (κ1) is 14.5. The number of H-pyrrole nitrogens is 1. The molecule has 1 aromatic heterocycles. The summed E-state index contributed by atoms with van der Waals surface area (Å²) in [6.07, 6.45) is 0. The highest BCUT2D eigenvalue weighted by Crippen LogP contribution is 2.28. The van der Waals surface area contributed by atoms with Crippen molar-refractivity contribution >= 4 is 11.6 Å². The summed E-state index contributed by atoms with van der Waals surface area (Å²) < 4.78 is 14.2. The fourth-order valence-corrected chi connectivity index (χ4v) is 2.55. The maximum Gasteiger partial charge on any atom is 0.271 e. The smallest absolute Gasteiger partial charge is 0.271 e. The third kappa shape index (κ3) is 2.64. The molecule has 1 saturated heterocycles. The minimum Gasteiger partial charge on any atom is -0.367 e. The van der Waals surface area contributed by atoms with E-state index >= 15 is 0 Å². The molecule has 1 fully saturated rings. The highest BCUT2D eigenvalue weighted by atomic mass is 19.1. The molecule has 2 aromatic rings. The van der Waals surface area contributed by atoms with Gasteiger partial charge in [0.1, 0.15) is 11.5 Å². The molecule has 0 aliphatic carbocycles. The number of benzene rings is 1. The van der Waals surface area contributed by atoms with Crippen LogP contribution in [0.25, 0.3) is 11.3 Å². The number of amides is 1. The molecule has 116 valence electrons. The molecule has 1 aliphatic heterocycles. The summed E-state index contributed by atoms with van der Waals surface area (Å²) in [6, 6.07) is 4.63. The molecule has 3 rings (SSSR count). The Labute approximate surface area is 126 Å². The lowest BCUT2D eigenvalue weighted by Gasteiger charge is -2.34. The number of primary amides is 1. The van der Waals surface area contributed by atoms with Crippen LogP contribution in [0.5, 0.6) is 0 Å². The van der Waals surface area contributed by atoms with Crippen LogP contribution in [0.4, 0.5) is 10.1 Å². The zero-order valence-electron chi connectivity index (χ0n) is 12.2. The number of carbonyl (C=O) groups excluding carboxylic acids is 1. The van der Waals surface area contributed by atoms with E-state index in [9.17, 15) is 9.18 Å². The second kappa shape index (κ2) is 5.72. The van der Waals surface area contributed by atoms with Crippen LogP contribution in [0.2, 0.25) is 0 Å². The second-order valence-electron chi connectivity index (χ2n) is 5.34. The van der Waals surface area contributed by atoms with Crippen LogP contribution in [0, 0.1) is 5.82 Å². The molecule has 8 heteroatoms. The Bertz CT molecular complexity index is 692. The van der Waals surface area contributed by atoms with Crippen LogP contribution in [-0.4, -0.2) is 59.4 Å². The van der Waals surface area contributed by atoms with Crippen LogP contribution in [-0.2, 0) is 0 Å². The highest BCUT2D eigenvalue weighted by molar-refractivity contribution is 5.96. The molecule has 0 bridgehead atoms. The number of hydrogen-bond donors (Lipinski definition) is 2. The van der Waals surface area contributed by atoms with Gasteiger partial charge < -0.3 is 15.5 Å². The first-order chi connectivity index (χ1) is 10.6. The lowest BCUT2D eigenvalue weighted by molar-refractivity contribution is 0.0996. The van der Waals surface area contributed by atoms with E-state index < -0.39 is 5.91 Å². The van der Waals surface area contributed by atoms with Crippen LogP contribution in [0.15, 0.2) is 18.2 Å². The lowest BCUT2D eigenvalue weighted by atomic mass is 10.1. The summed E-state index contributed by atoms with van der Waals surface area (Å²) in [5.74, 6) is -0.966. The molecule has 0 unspecified atom stereocenters. The SMILES string of the molecule is CN1CCN(c2cc(-c3n[nH]nc3C(N)=O)ccc2F)CC1. The summed E-state index contributed by atoms with van der Waals surface area (Å²) in [5, 5.41) is 10.1. The standard InChI is InChI=1S/C14H17FN6O/c1-20-4-6-21(7-5-20)11-8-9(2-3-10(11)15)12-13(14(16)22)18-19-17-12/h2-3,8H,4-7H2,1H3,(H2,16,22)(H,17,18,19). The van der Waals surface area contributed by atoms with Crippen LogP contribution >= 0.6 is 0 Å². The highest BCUT2D eigenvalue weighted by Gasteiger charge is 2.20. The van der Waals surface area contributed by atoms with Crippen molar-refractivity contribution in [3.8, 4) is 11.3 Å². The van der Waals surface area contributed by atoms with E-state index in [2.05, 4.69) is 20.3 Å². The number of nitrogens with zero attached hydrogens (tertiary/aromatic N) is 4. The van der Waals surface area contributed by atoms with E-state index in [-0.39, 0.29) is 11.5 Å². The number of piperazine rings is 1. The minimum atomic E-state index is -0.672. The topological polar surface area (TPSA) is 91.1 Å². The number of likely N-dealkylation sites (N-methyl/N-ethyl adjacent to an activating group) is 1. The number of aromatic nitrogens is 3. The number of rotatable bonds is 3. The van der Waals surface area contributed by atoms with Crippen molar-refractivity contribution in [2.45, 2.75) is 0 Å². The molecule has 1 amide bonds. The van der Waals surface area contributed by atoms with Gasteiger partial charge in [0.05, 0.1) is 5.69 Å². The largest absolute Gasteiger partial charge is 0.367 e. The first-order valence-corrected chi connectivity index (χ1v) is 7.00. The van der Waals surface area contributed by atoms with Gasteiger partial charge in [-0.1, -0.05) is 0 Å². The summed E-state index contributed by atoms with van der Waals surface area (Å²) in [4.78, 5) is 15.5. The molecule has 2 heterocycles. The Kier molecular flexibility index (Phi) is 3.76. The van der Waals surface area contributed by atoms with Crippen molar-refractivity contribution in [2.24, 2.45) is 5.73 Å². The van der Waals surface area contributed by atoms with E-state index in [1.165, 1.54) is 6.07 Å². The molecular weight excluding hydrogens is 287 g/mol. The van der Waals surface area contributed by atoms with Gasteiger partial charge in [-0.15, -0.1) is 0 Å². The molecule has 3 N–H and O–H groups in total. The van der Waals surface area contributed by atoms with Crippen LogP contribution in [0.1, 0.15) is 10.5 Å². The lowest BCUT2D eigenvalue weighted by Crippen LogP contribution is -2.44. The van der Waals surface area contributed by atoms with E-state index in [1.807, 2.05) is 11.9 Å². The number of halogens is 1. The van der Waals surface area contributed by atoms with E-state index in [0.29, 0.717) is 16.9 Å². The average molecular weight is 304 g/mol. The third-order valence-electron chi connectivity index (χ3n) is 3.84. The quantitative estimate of drug-likeness (QED) is 0.859. The molecule has 1 aliphatic rings. The van der Waals surface area contributed by atoms with Gasteiger partial charge in [-0.05, 0) is 25.2 Å². The monoisotopic (exact) mass is 304 g/mol. The average Bonchev–Trinajstić information content (AvgIpc) is 2.98. The first-order valence-electron chi connectivity index (χ1n) is 7.00. The third-order valence-corrected chi connectivity index (χ3v) is 3.84. The van der Waals surface area contributed by atoms with Gasteiger partial charge in [0, 0.05) is 31.7 Å². The predicted molar refractivity (Wildman–Crippen MR) is 80.0 cm³/mol. The molecule has 1 aromatic carbocycles. The van der Waals surface area contributed by atoms with Gasteiger partial charge >= 0.3 is 0 Å². The van der Waals surface area contributed by atoms with Crippen molar-refractivity contribution in [1.29, 1.82) is 0 Å². The van der Waals surface area contributed by atoms with E-state index in [0.717, 1.165) is 26.2 Å². The van der Waals surface area contributed by atoms with Crippen molar-refractivity contribution in [3.63, 3.8) is 0 Å². The Morgan fingerprint density at radius 3 is 2.68 bits per heavy atom. The van der Waals surface area contributed by atoms with Gasteiger partial charge in [0.2, 0.25) is 0 Å². The zero-order valence-corrected chi connectivity index (χ0v) is 12.2. The molecule has 0 spiro atoms. The molecule has 0 radical (unpaired) electrons. The van der Waals surface area contributed by atoms with Crippen molar-refractivity contribution in [3.05, 3.63) is 29.7 Å². The Morgan fingerprint density at radius 2 is 2.00 bits per heavy atom. The van der Waals surface area contributed by atoms with Gasteiger partial charge in [-0.25, -0.2) is 4.39 Å². The summed E-state index contributed by atoms with van der Waals surface area (Å²) >= 11 is 0. The number of nitrogens with one attached hydrogen (secondary N) is 1. The summed E-state index contributed by atoms with van der Waals surface area (Å²) in [6.45, 7) is 3.25. The summed E-state index contributed by atoms with van der Waals surface area (Å²) in [7, 11) is 2.04. The second-order valence-corrected chi connectivity index (χ2v) is 5.34. The fraction of sp³-hybridized carbons (Fsp3) is 0.357. The number of hydrogen-bond acceptors (Lipinski definition) is 5. The maximum absolute atomic E-state index is 14.2. The molecule has 0 saturated carbocycles. The maximum atomic E-state index is 14.2. The number of nitrogens with two attached hydrogens (primary N) is 1. The van der Waals surface area contributed by atoms with Gasteiger partial charge in [0.15, 0.2) is 5.69 Å². The van der Waals surface area contributed by atoms with E-state index in [4.69, 9.17) is 5.73 Å². The van der Waals surface area contributed by atoms with Crippen LogP contribution in [0.3, 0.4) is 0 Å². The van der Waals surface area contributed by atoms with Gasteiger partial charge in [-0.2, -0.15) is 15.4 Å². The molecule has 22 heavy (non-hydrogen) atoms. The number of carbonyl (C=O) groups is 1. The predicted octanol–water partition coefficient (Wildman–Crippen LogP) is 0.462. The Balaban J connectivity index is 1.96. The zero-order chi connectivity index (χ0) is 15.7.